The van der Waals surface area contributed by atoms with E-state index in [2.05, 4.69) is 12.2 Å². The standard InChI is InChI=1S/C21H29NO3/c1-2-3-4-5-6-7-8-11-14-22-15-18-19(23)16-12-9-10-13-17(16)20(24)21(18)25/h9-10,12-13,22-23H,2-8,11,14-15H2,1H3. The van der Waals surface area contributed by atoms with Gasteiger partial charge in [0.2, 0.25) is 11.6 Å². The summed E-state index contributed by atoms with van der Waals surface area (Å²) in [5, 5.41) is 13.5. The lowest BCUT2D eigenvalue weighted by Crippen LogP contribution is -2.30. The van der Waals surface area contributed by atoms with Gasteiger partial charge in [-0.25, -0.2) is 0 Å². The number of hydrogen-bond donors (Lipinski definition) is 2. The van der Waals surface area contributed by atoms with Gasteiger partial charge in [0.1, 0.15) is 5.76 Å². The van der Waals surface area contributed by atoms with Crippen molar-refractivity contribution in [2.75, 3.05) is 13.1 Å². The number of ketones is 2. The number of aliphatic hydroxyl groups excluding tert-OH is 1. The maximum absolute atomic E-state index is 12.2. The quantitative estimate of drug-likeness (QED) is 0.460. The van der Waals surface area contributed by atoms with Crippen LogP contribution in [-0.4, -0.2) is 29.8 Å². The summed E-state index contributed by atoms with van der Waals surface area (Å²) in [7, 11) is 0. The zero-order valence-electron chi connectivity index (χ0n) is 15.1. The van der Waals surface area contributed by atoms with Gasteiger partial charge in [0, 0.05) is 17.7 Å². The first-order chi connectivity index (χ1) is 12.2. The zero-order valence-corrected chi connectivity index (χ0v) is 15.1. The van der Waals surface area contributed by atoms with Crippen LogP contribution in [0.1, 0.15) is 74.2 Å². The van der Waals surface area contributed by atoms with Gasteiger partial charge in [0.05, 0.1) is 5.57 Å². The minimum absolute atomic E-state index is 0.0661. The van der Waals surface area contributed by atoms with Crippen LogP contribution in [0.3, 0.4) is 0 Å². The molecule has 1 aliphatic rings. The van der Waals surface area contributed by atoms with E-state index in [-0.39, 0.29) is 23.4 Å². The van der Waals surface area contributed by atoms with E-state index in [1.165, 1.54) is 44.9 Å². The summed E-state index contributed by atoms with van der Waals surface area (Å²) in [6.45, 7) is 3.25. The third-order valence-electron chi connectivity index (χ3n) is 4.70. The maximum Gasteiger partial charge on any atom is 0.234 e. The van der Waals surface area contributed by atoms with Gasteiger partial charge in [0.15, 0.2) is 0 Å². The predicted octanol–water partition coefficient (Wildman–Crippen LogP) is 4.45. The summed E-state index contributed by atoms with van der Waals surface area (Å²) in [6.07, 6.45) is 9.99. The Morgan fingerprint density at radius 3 is 2.12 bits per heavy atom. The Labute approximate surface area is 150 Å². The van der Waals surface area contributed by atoms with Crippen LogP contribution in [0.25, 0.3) is 5.76 Å². The third kappa shape index (κ3) is 5.27. The summed E-state index contributed by atoms with van der Waals surface area (Å²) < 4.78 is 0. The third-order valence-corrected chi connectivity index (χ3v) is 4.70. The molecule has 0 fully saturated rings. The molecular weight excluding hydrogens is 314 g/mol. The number of carbonyl (C=O) groups excluding carboxylic acids is 2. The van der Waals surface area contributed by atoms with Crippen LogP contribution in [0.15, 0.2) is 29.8 Å². The number of benzene rings is 1. The van der Waals surface area contributed by atoms with E-state index in [9.17, 15) is 14.7 Å². The van der Waals surface area contributed by atoms with Crippen LogP contribution in [0, 0.1) is 0 Å². The lowest BCUT2D eigenvalue weighted by molar-refractivity contribution is -0.112. The number of nitrogens with one attached hydrogen (secondary N) is 1. The molecule has 136 valence electrons. The molecule has 25 heavy (non-hydrogen) atoms. The highest BCUT2D eigenvalue weighted by Crippen LogP contribution is 2.27. The molecule has 0 spiro atoms. The molecule has 2 N–H and O–H groups in total. The molecule has 4 heteroatoms. The van der Waals surface area contributed by atoms with E-state index in [0.717, 1.165) is 13.0 Å². The summed E-state index contributed by atoms with van der Waals surface area (Å²) in [6, 6.07) is 6.70. The smallest absolute Gasteiger partial charge is 0.234 e. The molecular formula is C21H29NO3. The first-order valence-electron chi connectivity index (χ1n) is 9.48. The van der Waals surface area contributed by atoms with Gasteiger partial charge in [-0.2, -0.15) is 0 Å². The van der Waals surface area contributed by atoms with E-state index in [4.69, 9.17) is 0 Å². The Bertz CT molecular complexity index is 634. The number of rotatable bonds is 11. The van der Waals surface area contributed by atoms with Crippen molar-refractivity contribution in [2.24, 2.45) is 0 Å². The lowest BCUT2D eigenvalue weighted by Gasteiger charge is -2.18. The summed E-state index contributed by atoms with van der Waals surface area (Å²) in [4.78, 5) is 24.3. The average molecular weight is 343 g/mol. The SMILES string of the molecule is CCCCCCCCCCNCC1=C(O)c2ccccc2C(=O)C1=O. The van der Waals surface area contributed by atoms with Gasteiger partial charge in [0.25, 0.3) is 0 Å². The molecule has 1 aliphatic carbocycles. The van der Waals surface area contributed by atoms with Gasteiger partial charge in [-0.05, 0) is 13.0 Å². The number of aliphatic hydroxyl groups is 1. The molecule has 2 rings (SSSR count). The van der Waals surface area contributed by atoms with Crippen molar-refractivity contribution < 1.29 is 14.7 Å². The fourth-order valence-corrected chi connectivity index (χ4v) is 3.18. The summed E-state index contributed by atoms with van der Waals surface area (Å²) in [5.74, 6) is -1.19. The van der Waals surface area contributed by atoms with Crippen LogP contribution < -0.4 is 5.32 Å². The van der Waals surface area contributed by atoms with E-state index in [1.807, 2.05) is 0 Å². The van der Waals surface area contributed by atoms with Gasteiger partial charge in [-0.1, -0.05) is 76.1 Å². The van der Waals surface area contributed by atoms with Crippen LogP contribution in [-0.2, 0) is 4.79 Å². The summed E-state index contributed by atoms with van der Waals surface area (Å²) >= 11 is 0. The van der Waals surface area contributed by atoms with E-state index >= 15 is 0 Å². The molecule has 1 aromatic rings. The molecule has 0 radical (unpaired) electrons. The van der Waals surface area contributed by atoms with Gasteiger partial charge < -0.3 is 10.4 Å². The van der Waals surface area contributed by atoms with Crippen molar-refractivity contribution >= 4 is 17.3 Å². The molecule has 0 saturated heterocycles. The second-order valence-electron chi connectivity index (χ2n) is 6.68. The van der Waals surface area contributed by atoms with E-state index in [1.54, 1.807) is 24.3 Å². The minimum Gasteiger partial charge on any atom is -0.507 e. The van der Waals surface area contributed by atoms with E-state index < -0.39 is 11.6 Å². The van der Waals surface area contributed by atoms with Gasteiger partial charge in [-0.3, -0.25) is 9.59 Å². The molecule has 1 aromatic carbocycles. The Hall–Kier alpha value is -1.94. The number of Topliss-reactive ketones (excluding diaryl/α,β-unsaturated/α-hetero) is 2. The molecule has 0 bridgehead atoms. The second-order valence-corrected chi connectivity index (χ2v) is 6.68. The van der Waals surface area contributed by atoms with Crippen molar-refractivity contribution in [3.63, 3.8) is 0 Å². The van der Waals surface area contributed by atoms with Crippen LogP contribution in [0.4, 0.5) is 0 Å². The Morgan fingerprint density at radius 2 is 1.44 bits per heavy atom. The molecule has 0 saturated carbocycles. The van der Waals surface area contributed by atoms with E-state index in [0.29, 0.717) is 5.56 Å². The highest BCUT2D eigenvalue weighted by Gasteiger charge is 2.31. The monoisotopic (exact) mass is 343 g/mol. The summed E-state index contributed by atoms with van der Waals surface area (Å²) in [5.41, 5.74) is 0.927. The maximum atomic E-state index is 12.2. The highest BCUT2D eigenvalue weighted by molar-refractivity contribution is 6.52. The molecule has 0 aliphatic heterocycles. The first kappa shape index (κ1) is 19.4. The largest absolute Gasteiger partial charge is 0.507 e. The molecule has 0 unspecified atom stereocenters. The van der Waals surface area contributed by atoms with Gasteiger partial charge in [-0.15, -0.1) is 0 Å². The van der Waals surface area contributed by atoms with Gasteiger partial charge >= 0.3 is 0 Å². The Kier molecular flexibility index (Phi) is 7.86. The van der Waals surface area contributed by atoms with Crippen LogP contribution in [0.5, 0.6) is 0 Å². The normalized spacial score (nSPS) is 14.1. The fraction of sp³-hybridized carbons (Fsp3) is 0.524. The molecule has 0 amide bonds. The Morgan fingerprint density at radius 1 is 0.840 bits per heavy atom. The van der Waals surface area contributed by atoms with Crippen molar-refractivity contribution in [1.82, 2.24) is 5.32 Å². The van der Waals surface area contributed by atoms with Crippen molar-refractivity contribution in [1.29, 1.82) is 0 Å². The first-order valence-corrected chi connectivity index (χ1v) is 9.48. The van der Waals surface area contributed by atoms with Crippen molar-refractivity contribution in [2.45, 2.75) is 58.3 Å². The minimum atomic E-state index is -0.598. The Balaban J connectivity index is 1.74. The van der Waals surface area contributed by atoms with Crippen LogP contribution in [0.2, 0.25) is 0 Å². The fourth-order valence-electron chi connectivity index (χ4n) is 3.18. The molecule has 0 atom stereocenters. The zero-order chi connectivity index (χ0) is 18.1. The topological polar surface area (TPSA) is 66.4 Å². The van der Waals surface area contributed by atoms with Crippen molar-refractivity contribution in [3.05, 3.63) is 41.0 Å². The number of hydrogen-bond acceptors (Lipinski definition) is 4. The van der Waals surface area contributed by atoms with Crippen molar-refractivity contribution in [3.8, 4) is 0 Å². The lowest BCUT2D eigenvalue weighted by atomic mass is 9.88. The number of fused-ring (bicyclic) bond motifs is 1. The predicted molar refractivity (Wildman–Crippen MR) is 101 cm³/mol. The highest BCUT2D eigenvalue weighted by atomic mass is 16.3. The molecule has 0 aromatic heterocycles. The number of unbranched alkanes of at least 4 members (excludes halogenated alkanes) is 7. The van der Waals surface area contributed by atoms with Crippen LogP contribution >= 0.6 is 0 Å². The number of carbonyl (C=O) groups is 2. The molecule has 4 nitrogen and oxygen atoms in total. The average Bonchev–Trinajstić information content (AvgIpc) is 2.64. The second kappa shape index (κ2) is 10.1. The molecule has 0 heterocycles.